The Morgan fingerprint density at radius 3 is 2.37 bits per heavy atom. The molecular formula is C22H16Cl2I2N2O2. The van der Waals surface area contributed by atoms with Crippen LogP contribution in [0.2, 0.25) is 10.0 Å². The molecule has 3 rings (SSSR count). The van der Waals surface area contributed by atoms with Gasteiger partial charge in [-0.05, 0) is 93.6 Å². The van der Waals surface area contributed by atoms with Gasteiger partial charge in [-0.1, -0.05) is 53.0 Å². The molecule has 0 heterocycles. The Kier molecular flexibility index (Phi) is 8.38. The van der Waals surface area contributed by atoms with Crippen molar-refractivity contribution in [1.82, 2.24) is 5.43 Å². The maximum Gasteiger partial charge on any atom is 0.272 e. The number of ether oxygens (including phenoxy) is 1. The minimum absolute atomic E-state index is 0.273. The van der Waals surface area contributed by atoms with Gasteiger partial charge >= 0.3 is 0 Å². The van der Waals surface area contributed by atoms with Crippen LogP contribution in [0.5, 0.6) is 5.75 Å². The van der Waals surface area contributed by atoms with Crippen LogP contribution in [0.15, 0.2) is 59.7 Å². The molecule has 3 aromatic carbocycles. The average molecular weight is 665 g/mol. The molecule has 0 aliphatic heterocycles. The lowest BCUT2D eigenvalue weighted by atomic mass is 10.2. The standard InChI is InChI=1S/C22H16Cl2I2N2O2/c1-13-2-4-14(5-3-13)12-30-21-19(25)8-15(9-20(21)26)11-27-28-22(29)17-7-6-16(23)10-18(17)24/h2-11H,12H2,1H3,(H,28,29)/b27-11-. The molecule has 0 unspecified atom stereocenters. The summed E-state index contributed by atoms with van der Waals surface area (Å²) in [6.45, 7) is 2.56. The van der Waals surface area contributed by atoms with Crippen LogP contribution in [-0.2, 0) is 6.61 Å². The first-order valence-corrected chi connectivity index (χ1v) is 11.7. The molecule has 0 aromatic heterocycles. The molecule has 0 aliphatic rings. The molecule has 0 radical (unpaired) electrons. The molecule has 0 spiro atoms. The summed E-state index contributed by atoms with van der Waals surface area (Å²) in [6, 6.07) is 16.8. The molecule has 1 amide bonds. The third kappa shape index (κ3) is 6.32. The Labute approximate surface area is 212 Å². The van der Waals surface area contributed by atoms with Crippen LogP contribution >= 0.6 is 68.4 Å². The highest BCUT2D eigenvalue weighted by Gasteiger charge is 2.11. The summed E-state index contributed by atoms with van der Waals surface area (Å²) in [4.78, 5) is 12.2. The predicted molar refractivity (Wildman–Crippen MR) is 139 cm³/mol. The number of aryl methyl sites for hydroxylation is 1. The number of hydrogen-bond acceptors (Lipinski definition) is 3. The maximum absolute atomic E-state index is 12.2. The van der Waals surface area contributed by atoms with Crippen LogP contribution in [0, 0.1) is 14.1 Å². The van der Waals surface area contributed by atoms with Crippen molar-refractivity contribution in [3.63, 3.8) is 0 Å². The van der Waals surface area contributed by atoms with Crippen LogP contribution in [-0.4, -0.2) is 12.1 Å². The maximum atomic E-state index is 12.2. The molecule has 0 bridgehead atoms. The number of nitrogens with one attached hydrogen (secondary N) is 1. The Hall–Kier alpha value is -1.36. The topological polar surface area (TPSA) is 50.7 Å². The Balaban J connectivity index is 1.65. The smallest absolute Gasteiger partial charge is 0.272 e. The Morgan fingerprint density at radius 1 is 1.07 bits per heavy atom. The van der Waals surface area contributed by atoms with E-state index in [1.807, 2.05) is 12.1 Å². The van der Waals surface area contributed by atoms with Crippen LogP contribution < -0.4 is 10.2 Å². The molecule has 4 nitrogen and oxygen atoms in total. The van der Waals surface area contributed by atoms with Gasteiger partial charge in [0.15, 0.2) is 0 Å². The molecule has 0 fully saturated rings. The molecule has 8 heteroatoms. The Bertz CT molecular complexity index is 1080. The summed E-state index contributed by atoms with van der Waals surface area (Å²) in [7, 11) is 0. The van der Waals surface area contributed by atoms with Crippen molar-refractivity contribution in [3.05, 3.63) is 94.0 Å². The first kappa shape index (κ1) is 23.3. The van der Waals surface area contributed by atoms with Gasteiger partial charge in [0.2, 0.25) is 0 Å². The number of amides is 1. The molecule has 0 aliphatic carbocycles. The number of halogens is 4. The second-order valence-corrected chi connectivity index (χ2v) is 9.58. The van der Waals surface area contributed by atoms with Crippen LogP contribution in [0.1, 0.15) is 27.0 Å². The van der Waals surface area contributed by atoms with Crippen molar-refractivity contribution in [1.29, 1.82) is 0 Å². The number of hydrazone groups is 1. The monoisotopic (exact) mass is 664 g/mol. The molecule has 0 atom stereocenters. The first-order chi connectivity index (χ1) is 14.3. The van der Waals surface area contributed by atoms with Crippen molar-refractivity contribution >= 4 is 80.5 Å². The van der Waals surface area contributed by atoms with Gasteiger partial charge in [0, 0.05) is 5.02 Å². The molecule has 30 heavy (non-hydrogen) atoms. The van der Waals surface area contributed by atoms with Crippen molar-refractivity contribution in [2.75, 3.05) is 0 Å². The summed E-state index contributed by atoms with van der Waals surface area (Å²) in [5.74, 6) is 0.418. The van der Waals surface area contributed by atoms with Gasteiger partial charge in [0.1, 0.15) is 12.4 Å². The lowest BCUT2D eigenvalue weighted by Gasteiger charge is -2.11. The molecule has 0 saturated carbocycles. The van der Waals surface area contributed by atoms with E-state index in [-0.39, 0.29) is 5.02 Å². The van der Waals surface area contributed by atoms with Crippen molar-refractivity contribution in [2.45, 2.75) is 13.5 Å². The van der Waals surface area contributed by atoms with Gasteiger partial charge in [-0.25, -0.2) is 5.43 Å². The van der Waals surface area contributed by atoms with Crippen LogP contribution in [0.3, 0.4) is 0 Å². The highest BCUT2D eigenvalue weighted by Crippen LogP contribution is 2.29. The molecule has 3 aromatic rings. The zero-order chi connectivity index (χ0) is 21.7. The zero-order valence-electron chi connectivity index (χ0n) is 15.8. The van der Waals surface area contributed by atoms with Gasteiger partial charge in [-0.15, -0.1) is 0 Å². The molecule has 1 N–H and O–H groups in total. The minimum atomic E-state index is -0.407. The number of carbonyl (C=O) groups excluding carboxylic acids is 1. The second kappa shape index (κ2) is 10.8. The van der Waals surface area contributed by atoms with E-state index in [9.17, 15) is 4.79 Å². The number of rotatable bonds is 6. The summed E-state index contributed by atoms with van der Waals surface area (Å²) in [5.41, 5.74) is 5.96. The van der Waals surface area contributed by atoms with E-state index in [2.05, 4.69) is 86.9 Å². The SMILES string of the molecule is Cc1ccc(COc2c(I)cc(/C=N\NC(=O)c3ccc(Cl)cc3Cl)cc2I)cc1. The van der Waals surface area contributed by atoms with E-state index in [4.69, 9.17) is 27.9 Å². The number of carbonyl (C=O) groups is 1. The van der Waals surface area contributed by atoms with E-state index >= 15 is 0 Å². The van der Waals surface area contributed by atoms with Crippen molar-refractivity contribution < 1.29 is 9.53 Å². The van der Waals surface area contributed by atoms with Crippen molar-refractivity contribution in [2.24, 2.45) is 5.10 Å². The molecule has 0 saturated heterocycles. The fourth-order valence-corrected chi connectivity index (χ4v) is 5.15. The largest absolute Gasteiger partial charge is 0.487 e. The lowest BCUT2D eigenvalue weighted by molar-refractivity contribution is 0.0955. The van der Waals surface area contributed by atoms with E-state index in [1.165, 1.54) is 11.6 Å². The fourth-order valence-electron chi connectivity index (χ4n) is 2.53. The van der Waals surface area contributed by atoms with Gasteiger partial charge in [-0.3, -0.25) is 4.79 Å². The minimum Gasteiger partial charge on any atom is -0.487 e. The zero-order valence-corrected chi connectivity index (χ0v) is 21.6. The third-order valence-electron chi connectivity index (χ3n) is 4.08. The van der Waals surface area contributed by atoms with Gasteiger partial charge in [-0.2, -0.15) is 5.10 Å². The first-order valence-electron chi connectivity index (χ1n) is 8.79. The van der Waals surface area contributed by atoms with E-state index in [1.54, 1.807) is 18.3 Å². The third-order valence-corrected chi connectivity index (χ3v) is 6.23. The van der Waals surface area contributed by atoms with Crippen molar-refractivity contribution in [3.8, 4) is 5.75 Å². The molecular weight excluding hydrogens is 649 g/mol. The lowest BCUT2D eigenvalue weighted by Crippen LogP contribution is -2.18. The summed E-state index contributed by atoms with van der Waals surface area (Å²) in [5, 5.41) is 4.77. The molecule has 154 valence electrons. The Morgan fingerprint density at radius 2 is 1.73 bits per heavy atom. The van der Waals surface area contributed by atoms with Gasteiger partial charge in [0.25, 0.3) is 5.91 Å². The number of hydrogen-bond donors (Lipinski definition) is 1. The van der Waals surface area contributed by atoms with Crippen LogP contribution in [0.4, 0.5) is 0 Å². The second-order valence-electron chi connectivity index (χ2n) is 6.41. The predicted octanol–water partition coefficient (Wildman–Crippen LogP) is 6.85. The highest BCUT2D eigenvalue weighted by molar-refractivity contribution is 14.1. The fraction of sp³-hybridized carbons (Fsp3) is 0.0909. The highest BCUT2D eigenvalue weighted by atomic mass is 127. The number of nitrogens with zero attached hydrogens (tertiary/aromatic N) is 1. The normalized spacial score (nSPS) is 11.0. The van der Waals surface area contributed by atoms with E-state index in [0.717, 1.165) is 24.0 Å². The van der Waals surface area contributed by atoms with Gasteiger partial charge in [0.05, 0.1) is 23.9 Å². The summed E-state index contributed by atoms with van der Waals surface area (Å²) >= 11 is 16.4. The summed E-state index contributed by atoms with van der Waals surface area (Å²) in [6.07, 6.45) is 1.58. The van der Waals surface area contributed by atoms with E-state index < -0.39 is 5.91 Å². The average Bonchev–Trinajstić information content (AvgIpc) is 2.68. The quantitative estimate of drug-likeness (QED) is 0.178. The van der Waals surface area contributed by atoms with Gasteiger partial charge < -0.3 is 4.74 Å². The summed E-state index contributed by atoms with van der Waals surface area (Å²) < 4.78 is 7.93. The van der Waals surface area contributed by atoms with Crippen LogP contribution in [0.25, 0.3) is 0 Å². The number of benzene rings is 3. The van der Waals surface area contributed by atoms with E-state index in [0.29, 0.717) is 17.2 Å².